The van der Waals surface area contributed by atoms with E-state index < -0.39 is 32.5 Å². The van der Waals surface area contributed by atoms with Gasteiger partial charge in [-0.3, -0.25) is 14.2 Å². The first-order valence-electron chi connectivity index (χ1n) is 22.6. The van der Waals surface area contributed by atoms with Crippen LogP contribution in [0.3, 0.4) is 0 Å². The highest BCUT2D eigenvalue weighted by Crippen LogP contribution is 2.38. The summed E-state index contributed by atoms with van der Waals surface area (Å²) in [4.78, 5) is 37.5. The lowest BCUT2D eigenvalue weighted by molar-refractivity contribution is -0.870. The average Bonchev–Trinajstić information content (AvgIpc) is 3.17. The van der Waals surface area contributed by atoms with Crippen molar-refractivity contribution in [3.8, 4) is 0 Å². The maximum absolute atomic E-state index is 12.6. The van der Waals surface area contributed by atoms with Gasteiger partial charge in [0.25, 0.3) is 7.82 Å². The number of unbranched alkanes of at least 4 members (excludes halogenated alkanes) is 14. The van der Waals surface area contributed by atoms with Crippen molar-refractivity contribution in [3.05, 3.63) is 72.9 Å². The summed E-state index contributed by atoms with van der Waals surface area (Å²) in [6.45, 7) is 4.06. The summed E-state index contributed by atoms with van der Waals surface area (Å²) in [5.74, 6) is -0.992. The minimum atomic E-state index is -4.65. The fourth-order valence-electron chi connectivity index (χ4n) is 5.65. The lowest BCUT2D eigenvalue weighted by atomic mass is 10.1. The Bertz CT molecular complexity index is 1220. The van der Waals surface area contributed by atoms with Gasteiger partial charge in [-0.2, -0.15) is 0 Å². The molecule has 334 valence electrons. The quantitative estimate of drug-likeness (QED) is 0.0197. The molecule has 2 atom stereocenters. The molecule has 0 aliphatic heterocycles. The number of carbonyl (C=O) groups is 2. The SMILES string of the molecule is CCCCC/C=C/C/C=C/C/C=C/C/C=C/C/C=C/CCC(=O)OC[C@H](COP(=O)([O-])OCC[N+](C)(C)C)OC(=O)CC/C=C/CCCCCCCCCCCCC. The van der Waals surface area contributed by atoms with E-state index in [-0.39, 0.29) is 26.1 Å². The molecule has 0 amide bonds. The Morgan fingerprint density at radius 3 is 1.45 bits per heavy atom. The van der Waals surface area contributed by atoms with E-state index in [1.165, 1.54) is 89.9 Å². The predicted molar refractivity (Wildman–Crippen MR) is 240 cm³/mol. The van der Waals surface area contributed by atoms with Crippen LogP contribution in [0.5, 0.6) is 0 Å². The van der Waals surface area contributed by atoms with Gasteiger partial charge in [0, 0.05) is 12.8 Å². The molecule has 10 heteroatoms. The van der Waals surface area contributed by atoms with Crippen molar-refractivity contribution in [2.75, 3.05) is 47.5 Å². The third-order valence-electron chi connectivity index (χ3n) is 9.23. The molecule has 58 heavy (non-hydrogen) atoms. The maximum atomic E-state index is 12.6. The number of likely N-dealkylation sites (N-methyl/N-ethyl adjacent to an activating group) is 1. The highest BCUT2D eigenvalue weighted by Gasteiger charge is 2.21. The van der Waals surface area contributed by atoms with Crippen LogP contribution in [-0.4, -0.2) is 70.0 Å². The van der Waals surface area contributed by atoms with Gasteiger partial charge in [-0.05, 0) is 64.2 Å². The minimum absolute atomic E-state index is 0.0504. The largest absolute Gasteiger partial charge is 0.756 e. The third-order valence-corrected chi connectivity index (χ3v) is 10.2. The van der Waals surface area contributed by atoms with Crippen LogP contribution in [-0.2, 0) is 32.7 Å². The van der Waals surface area contributed by atoms with Gasteiger partial charge in [-0.15, -0.1) is 0 Å². The number of esters is 2. The Hall–Kier alpha value is -2.55. The average molecular weight is 834 g/mol. The van der Waals surface area contributed by atoms with E-state index in [9.17, 15) is 19.0 Å². The normalized spacial score (nSPS) is 14.2. The number of ether oxygens (including phenoxy) is 2. The van der Waals surface area contributed by atoms with Crippen LogP contribution in [0.1, 0.15) is 168 Å². The van der Waals surface area contributed by atoms with Crippen LogP contribution >= 0.6 is 7.82 Å². The molecule has 0 aromatic carbocycles. The molecule has 0 rings (SSSR count). The number of phosphoric ester groups is 1. The molecule has 9 nitrogen and oxygen atoms in total. The zero-order chi connectivity index (χ0) is 42.8. The van der Waals surface area contributed by atoms with Crippen molar-refractivity contribution in [1.82, 2.24) is 0 Å². The van der Waals surface area contributed by atoms with Gasteiger partial charge >= 0.3 is 11.9 Å². The molecular weight excluding hydrogens is 750 g/mol. The van der Waals surface area contributed by atoms with Crippen LogP contribution < -0.4 is 4.89 Å². The highest BCUT2D eigenvalue weighted by molar-refractivity contribution is 7.45. The summed E-state index contributed by atoms with van der Waals surface area (Å²) in [5, 5.41) is 0. The van der Waals surface area contributed by atoms with Crippen molar-refractivity contribution in [3.63, 3.8) is 0 Å². The number of carbonyl (C=O) groups excluding carboxylic acids is 2. The molecule has 0 heterocycles. The Labute approximate surface area is 355 Å². The van der Waals surface area contributed by atoms with Gasteiger partial charge in [0.05, 0.1) is 27.7 Å². The third kappa shape index (κ3) is 43.0. The van der Waals surface area contributed by atoms with Crippen LogP contribution in [0.2, 0.25) is 0 Å². The van der Waals surface area contributed by atoms with E-state index in [4.69, 9.17) is 18.5 Å². The Morgan fingerprint density at radius 2 is 0.931 bits per heavy atom. The lowest BCUT2D eigenvalue weighted by Gasteiger charge is -2.28. The second kappa shape index (κ2) is 39.9. The standard InChI is InChI=1S/C48H84NO8P/c1-6-8-10-12-14-16-18-20-22-23-24-25-27-28-30-32-34-36-38-40-47(50)54-44-46(45-56-58(52,53)55-43-42-49(3,4)5)57-48(51)41-39-37-35-33-31-29-26-21-19-17-15-13-11-9-7-2/h14,16,20,22,24-25,28,30,34-37,46H,6-13,15,17-19,21,23,26-27,29,31-33,38-45H2,1-5H3/b16-14+,22-20+,25-24+,30-28+,36-34+,37-35+/t46-/m1/s1. The van der Waals surface area contributed by atoms with Gasteiger partial charge in [0.1, 0.15) is 19.8 Å². The molecule has 0 aliphatic rings. The van der Waals surface area contributed by atoms with Gasteiger partial charge in [-0.1, -0.05) is 164 Å². The Morgan fingerprint density at radius 1 is 0.534 bits per heavy atom. The first-order chi connectivity index (χ1) is 28.0. The molecule has 0 aromatic rings. The van der Waals surface area contributed by atoms with Crippen molar-refractivity contribution >= 4 is 19.8 Å². The molecule has 0 N–H and O–H groups in total. The van der Waals surface area contributed by atoms with E-state index in [2.05, 4.69) is 68.5 Å². The maximum Gasteiger partial charge on any atom is 0.306 e. The lowest BCUT2D eigenvalue weighted by Crippen LogP contribution is -2.37. The zero-order valence-corrected chi connectivity index (χ0v) is 38.4. The van der Waals surface area contributed by atoms with E-state index in [0.717, 1.165) is 38.5 Å². The first-order valence-corrected chi connectivity index (χ1v) is 24.1. The monoisotopic (exact) mass is 834 g/mol. The summed E-state index contributed by atoms with van der Waals surface area (Å²) in [5.41, 5.74) is 0. The molecular formula is C48H84NO8P. The Kier molecular flexibility index (Phi) is 38.1. The fraction of sp³-hybridized carbons (Fsp3) is 0.708. The van der Waals surface area contributed by atoms with Crippen molar-refractivity contribution in [1.29, 1.82) is 0 Å². The van der Waals surface area contributed by atoms with E-state index in [1.54, 1.807) is 0 Å². The van der Waals surface area contributed by atoms with Crippen LogP contribution in [0.25, 0.3) is 0 Å². The van der Waals surface area contributed by atoms with Crippen LogP contribution in [0.15, 0.2) is 72.9 Å². The first kappa shape index (κ1) is 55.5. The van der Waals surface area contributed by atoms with Crippen molar-refractivity contribution in [2.45, 2.75) is 174 Å². The number of allylic oxidation sites excluding steroid dienone is 12. The number of rotatable bonds is 40. The number of nitrogens with zero attached hydrogens (tertiary/aromatic N) is 1. The van der Waals surface area contributed by atoms with Crippen molar-refractivity contribution in [2.24, 2.45) is 0 Å². The fourth-order valence-corrected chi connectivity index (χ4v) is 6.38. The second-order valence-corrected chi connectivity index (χ2v) is 17.5. The van der Waals surface area contributed by atoms with E-state index >= 15 is 0 Å². The topological polar surface area (TPSA) is 111 Å². The second-order valence-electron chi connectivity index (χ2n) is 16.1. The molecule has 0 bridgehead atoms. The molecule has 0 aromatic heterocycles. The Balaban J connectivity index is 4.51. The molecule has 0 fully saturated rings. The number of hydrogen-bond donors (Lipinski definition) is 0. The molecule has 0 saturated carbocycles. The van der Waals surface area contributed by atoms with E-state index in [1.807, 2.05) is 39.4 Å². The van der Waals surface area contributed by atoms with Gasteiger partial charge in [0.15, 0.2) is 6.10 Å². The van der Waals surface area contributed by atoms with Crippen LogP contribution in [0.4, 0.5) is 0 Å². The number of quaternary nitrogens is 1. The summed E-state index contributed by atoms with van der Waals surface area (Å²) < 4.78 is 33.8. The summed E-state index contributed by atoms with van der Waals surface area (Å²) in [7, 11) is 1.10. The summed E-state index contributed by atoms with van der Waals surface area (Å²) in [6, 6.07) is 0. The van der Waals surface area contributed by atoms with Crippen LogP contribution in [0, 0.1) is 0 Å². The molecule has 0 spiro atoms. The number of hydrogen-bond acceptors (Lipinski definition) is 8. The van der Waals surface area contributed by atoms with Gasteiger partial charge in [0.2, 0.25) is 0 Å². The molecule has 0 radical (unpaired) electrons. The minimum Gasteiger partial charge on any atom is -0.756 e. The van der Waals surface area contributed by atoms with E-state index in [0.29, 0.717) is 23.9 Å². The highest BCUT2D eigenvalue weighted by atomic mass is 31.2. The number of phosphoric acid groups is 1. The smallest absolute Gasteiger partial charge is 0.306 e. The molecule has 0 aliphatic carbocycles. The predicted octanol–water partition coefficient (Wildman–Crippen LogP) is 12.4. The van der Waals surface area contributed by atoms with Gasteiger partial charge in [-0.25, -0.2) is 0 Å². The summed E-state index contributed by atoms with van der Waals surface area (Å²) >= 11 is 0. The molecule has 0 saturated heterocycles. The zero-order valence-electron chi connectivity index (χ0n) is 37.5. The summed E-state index contributed by atoms with van der Waals surface area (Å²) in [6.07, 6.45) is 49.6. The van der Waals surface area contributed by atoms with Crippen molar-refractivity contribution < 1.29 is 42.1 Å². The molecule has 1 unspecified atom stereocenters. The van der Waals surface area contributed by atoms with Gasteiger partial charge < -0.3 is 27.9 Å².